The molecule has 2 N–H and O–H groups in total. The summed E-state index contributed by atoms with van der Waals surface area (Å²) < 4.78 is 11.1. The highest BCUT2D eigenvalue weighted by atomic mass is 16.5. The van der Waals surface area contributed by atoms with Gasteiger partial charge in [0, 0.05) is 57.3 Å². The third-order valence-electron chi connectivity index (χ3n) is 6.37. The quantitative estimate of drug-likeness (QED) is 0.564. The summed E-state index contributed by atoms with van der Waals surface area (Å²) in [6.45, 7) is 6.87. The van der Waals surface area contributed by atoms with E-state index in [1.165, 1.54) is 11.1 Å². The number of nitrogens with one attached hydrogen (secondary N) is 2. The Balaban J connectivity index is 1.25. The largest absolute Gasteiger partial charge is 0.418 e. The van der Waals surface area contributed by atoms with E-state index in [0.29, 0.717) is 12.6 Å². The third-order valence-corrected chi connectivity index (χ3v) is 6.37. The van der Waals surface area contributed by atoms with Gasteiger partial charge in [-0.05, 0) is 37.8 Å². The molecule has 1 saturated heterocycles. The van der Waals surface area contributed by atoms with Crippen molar-refractivity contribution in [3.63, 3.8) is 0 Å². The molecule has 10 heteroatoms. The molecule has 2 unspecified atom stereocenters. The second-order valence-electron chi connectivity index (χ2n) is 8.43. The highest BCUT2D eigenvalue weighted by Crippen LogP contribution is 2.35. The number of methoxy groups -OCH3 is 1. The number of hydrogen-bond acceptors (Lipinski definition) is 8. The molecule has 0 saturated carbocycles. The molecule has 2 aliphatic heterocycles. The van der Waals surface area contributed by atoms with E-state index in [0.717, 1.165) is 56.6 Å². The van der Waals surface area contributed by atoms with Gasteiger partial charge >= 0.3 is 6.01 Å². The van der Waals surface area contributed by atoms with Crippen LogP contribution in [0.3, 0.4) is 0 Å². The normalized spacial score (nSPS) is 23.0. The summed E-state index contributed by atoms with van der Waals surface area (Å²) in [6, 6.07) is 0.451. The Hall–Kier alpha value is -2.82. The monoisotopic (exact) mass is 456 g/mol. The molecule has 1 aliphatic carbocycles. The number of rotatable bonds is 8. The number of piperazine rings is 1. The molecule has 0 aromatic carbocycles. The van der Waals surface area contributed by atoms with E-state index >= 15 is 0 Å². The molecule has 1 aromatic heterocycles. The Labute approximate surface area is 193 Å². The van der Waals surface area contributed by atoms with Gasteiger partial charge < -0.3 is 19.8 Å². The second kappa shape index (κ2) is 10.9. The van der Waals surface area contributed by atoms with Crippen LogP contribution >= 0.6 is 0 Å². The maximum atomic E-state index is 12.8. The van der Waals surface area contributed by atoms with E-state index in [9.17, 15) is 9.59 Å². The lowest BCUT2D eigenvalue weighted by Crippen LogP contribution is -2.46. The van der Waals surface area contributed by atoms with Gasteiger partial charge in [-0.1, -0.05) is 0 Å². The zero-order valence-corrected chi connectivity index (χ0v) is 19.2. The number of nitrogens with zero attached hydrogens (tertiary/aromatic N) is 4. The number of amides is 2. The smallest absolute Gasteiger partial charge is 0.305 e. The molecule has 0 radical (unpaired) electrons. The van der Waals surface area contributed by atoms with Crippen molar-refractivity contribution in [3.05, 3.63) is 35.4 Å². The first-order chi connectivity index (χ1) is 16.1. The average Bonchev–Trinajstić information content (AvgIpc) is 3.46. The van der Waals surface area contributed by atoms with E-state index < -0.39 is 5.91 Å². The Kier molecular flexibility index (Phi) is 7.69. The number of aromatic nitrogens is 1. The van der Waals surface area contributed by atoms with Crippen LogP contribution in [0.1, 0.15) is 36.7 Å². The molecule has 0 spiro atoms. The van der Waals surface area contributed by atoms with E-state index in [1.54, 1.807) is 19.5 Å². The summed E-state index contributed by atoms with van der Waals surface area (Å²) in [5, 5.41) is 6.06. The van der Waals surface area contributed by atoms with Crippen LogP contribution in [0, 0.1) is 0 Å². The molecule has 10 nitrogen and oxygen atoms in total. The van der Waals surface area contributed by atoms with Gasteiger partial charge in [0.15, 0.2) is 0 Å². The number of carbonyl (C=O) groups is 2. The fourth-order valence-corrected chi connectivity index (χ4v) is 4.47. The summed E-state index contributed by atoms with van der Waals surface area (Å²) in [4.78, 5) is 37.4. The van der Waals surface area contributed by atoms with Gasteiger partial charge in [0.2, 0.25) is 5.76 Å². The highest BCUT2D eigenvalue weighted by Gasteiger charge is 2.39. The van der Waals surface area contributed by atoms with Crippen LogP contribution in [-0.2, 0) is 9.53 Å². The molecular formula is C23H32N6O4. The molecule has 2 atom stereocenters. The summed E-state index contributed by atoms with van der Waals surface area (Å²) in [6.07, 6.45) is 9.28. The van der Waals surface area contributed by atoms with Gasteiger partial charge in [-0.3, -0.25) is 24.4 Å². The summed E-state index contributed by atoms with van der Waals surface area (Å²) in [5.41, 5.74) is 1.78. The first-order valence-electron chi connectivity index (χ1n) is 11.5. The van der Waals surface area contributed by atoms with Crippen molar-refractivity contribution in [1.29, 1.82) is 0 Å². The zero-order valence-electron chi connectivity index (χ0n) is 19.2. The number of anilines is 1. The molecule has 4 rings (SSSR count). The number of hydrogen-bond donors (Lipinski definition) is 2. The van der Waals surface area contributed by atoms with Crippen LogP contribution in [-0.4, -0.2) is 86.4 Å². The van der Waals surface area contributed by atoms with Crippen molar-refractivity contribution in [2.45, 2.75) is 38.3 Å². The van der Waals surface area contributed by atoms with Crippen molar-refractivity contribution < 1.29 is 18.7 Å². The lowest BCUT2D eigenvalue weighted by molar-refractivity contribution is -0.114. The van der Waals surface area contributed by atoms with E-state index in [1.807, 2.05) is 6.08 Å². The van der Waals surface area contributed by atoms with Gasteiger partial charge in [0.1, 0.15) is 0 Å². The molecule has 1 fully saturated rings. The van der Waals surface area contributed by atoms with Crippen LogP contribution < -0.4 is 15.5 Å². The first-order valence-corrected chi connectivity index (χ1v) is 11.5. The topological polar surface area (TPSA) is 112 Å². The van der Waals surface area contributed by atoms with Crippen molar-refractivity contribution in [2.24, 2.45) is 4.99 Å². The van der Waals surface area contributed by atoms with E-state index in [2.05, 4.69) is 32.4 Å². The molecular weight excluding hydrogens is 424 g/mol. The fourth-order valence-electron chi connectivity index (χ4n) is 4.47. The van der Waals surface area contributed by atoms with Gasteiger partial charge in [-0.25, -0.2) is 4.98 Å². The van der Waals surface area contributed by atoms with Crippen molar-refractivity contribution >= 4 is 24.0 Å². The third kappa shape index (κ3) is 5.40. The minimum absolute atomic E-state index is 0.0476. The first kappa shape index (κ1) is 23.3. The van der Waals surface area contributed by atoms with Gasteiger partial charge in [0.25, 0.3) is 11.8 Å². The van der Waals surface area contributed by atoms with Gasteiger partial charge in [-0.15, -0.1) is 0 Å². The molecule has 3 aliphatic rings. The fraction of sp³-hybridized carbons (Fsp3) is 0.565. The van der Waals surface area contributed by atoms with Crippen LogP contribution in [0.2, 0.25) is 0 Å². The maximum Gasteiger partial charge on any atom is 0.305 e. The summed E-state index contributed by atoms with van der Waals surface area (Å²) >= 11 is 0. The number of carbonyl (C=O) groups excluding carboxylic acids is 2. The van der Waals surface area contributed by atoms with Gasteiger partial charge in [-0.2, -0.15) is 0 Å². The lowest BCUT2D eigenvalue weighted by atomic mass is 9.91. The van der Waals surface area contributed by atoms with Crippen LogP contribution in [0.15, 0.2) is 39.0 Å². The average molecular weight is 457 g/mol. The van der Waals surface area contributed by atoms with Crippen LogP contribution in [0.5, 0.6) is 0 Å². The Morgan fingerprint density at radius 3 is 3.06 bits per heavy atom. The maximum absolute atomic E-state index is 12.8. The zero-order chi connectivity index (χ0) is 23.2. The molecule has 2 amide bonds. The standard InChI is InChI=1S/C23H32N6O4/c1-16(28-12-10-25-11-13-28)6-7-24-8-9-26-21(30)20-14-27-23(33-20)29-15-18-17(22(29)31)4-3-5-19(18)32-2/h6-8,14,16,19,25H,3-5,9-13,15H2,1-2H3,(H,26,30)/b7-6-,24-8?. The van der Waals surface area contributed by atoms with Gasteiger partial charge in [0.05, 0.1) is 25.4 Å². The predicted octanol–water partition coefficient (Wildman–Crippen LogP) is 1.12. The number of oxazole rings is 1. The predicted molar refractivity (Wildman–Crippen MR) is 124 cm³/mol. The van der Waals surface area contributed by atoms with E-state index in [4.69, 9.17) is 9.15 Å². The number of ether oxygens (including phenoxy) is 1. The Bertz CT molecular complexity index is 947. The molecule has 33 heavy (non-hydrogen) atoms. The highest BCUT2D eigenvalue weighted by molar-refractivity contribution is 6.08. The molecule has 3 heterocycles. The summed E-state index contributed by atoms with van der Waals surface area (Å²) in [7, 11) is 1.66. The SMILES string of the molecule is COC1CCCC2=C1CN(c1ncc(C(=O)NCC=N/C=C\C(C)N3CCNCC3)o1)C2=O. The Morgan fingerprint density at radius 2 is 2.27 bits per heavy atom. The minimum atomic E-state index is -0.405. The van der Waals surface area contributed by atoms with Crippen LogP contribution in [0.4, 0.5) is 6.01 Å². The Morgan fingerprint density at radius 1 is 1.45 bits per heavy atom. The van der Waals surface area contributed by atoms with Crippen molar-refractivity contribution in [1.82, 2.24) is 20.5 Å². The van der Waals surface area contributed by atoms with E-state index in [-0.39, 0.29) is 30.3 Å². The number of aliphatic imine (C=N–C) groups is 1. The molecule has 1 aromatic rings. The lowest BCUT2D eigenvalue weighted by Gasteiger charge is -2.30. The second-order valence-corrected chi connectivity index (χ2v) is 8.43. The van der Waals surface area contributed by atoms with Crippen LogP contribution in [0.25, 0.3) is 0 Å². The molecule has 178 valence electrons. The molecule has 0 bridgehead atoms. The van der Waals surface area contributed by atoms with Crippen molar-refractivity contribution in [2.75, 3.05) is 51.3 Å². The summed E-state index contributed by atoms with van der Waals surface area (Å²) in [5.74, 6) is -0.464. The van der Waals surface area contributed by atoms with Crippen molar-refractivity contribution in [3.8, 4) is 0 Å². The minimum Gasteiger partial charge on any atom is -0.418 e.